The van der Waals surface area contributed by atoms with Crippen molar-refractivity contribution in [1.82, 2.24) is 20.4 Å². The fraction of sp³-hybridized carbons (Fsp3) is 0.471. The highest BCUT2D eigenvalue weighted by Gasteiger charge is 2.27. The van der Waals surface area contributed by atoms with E-state index in [1.165, 1.54) is 0 Å². The van der Waals surface area contributed by atoms with Gasteiger partial charge in [-0.05, 0) is 37.1 Å². The molecular formula is C17H21ClN4O2S. The lowest BCUT2D eigenvalue weighted by Crippen LogP contribution is -2.45. The molecule has 8 heteroatoms. The quantitative estimate of drug-likeness (QED) is 0.808. The van der Waals surface area contributed by atoms with E-state index in [1.54, 1.807) is 18.4 Å². The first-order chi connectivity index (χ1) is 12.2. The van der Waals surface area contributed by atoms with E-state index in [0.29, 0.717) is 19.0 Å². The number of carbonyl (C=O) groups excluding carboxylic acids is 1. The molecule has 1 N–H and O–H groups in total. The molecule has 2 heterocycles. The molecule has 1 aliphatic heterocycles. The van der Waals surface area contributed by atoms with Crippen LogP contribution in [0.25, 0.3) is 10.6 Å². The number of likely N-dealkylation sites (tertiary alicyclic amines) is 1. The van der Waals surface area contributed by atoms with Crippen LogP contribution in [0, 0.1) is 0 Å². The van der Waals surface area contributed by atoms with Crippen molar-refractivity contribution in [2.24, 2.45) is 0 Å². The van der Waals surface area contributed by atoms with Crippen LogP contribution in [-0.4, -0.2) is 53.8 Å². The SMILES string of the molecule is COc1ccc(-c2nnc([C@@H]3CCCN(C(=O)NCCCl)C3)s2)cc1. The molecule has 2 aromatic rings. The summed E-state index contributed by atoms with van der Waals surface area (Å²) in [5, 5.41) is 13.4. The minimum atomic E-state index is -0.0507. The number of hydrogen-bond donors (Lipinski definition) is 1. The topological polar surface area (TPSA) is 67.4 Å². The molecule has 1 aromatic heterocycles. The van der Waals surface area contributed by atoms with E-state index in [-0.39, 0.29) is 11.9 Å². The zero-order valence-corrected chi connectivity index (χ0v) is 15.6. The summed E-state index contributed by atoms with van der Waals surface area (Å²) in [6.45, 7) is 1.93. The number of rotatable bonds is 5. The minimum Gasteiger partial charge on any atom is -0.497 e. The molecule has 1 aliphatic rings. The molecule has 0 saturated carbocycles. The molecule has 0 radical (unpaired) electrons. The highest BCUT2D eigenvalue weighted by Crippen LogP contribution is 2.33. The molecule has 2 amide bonds. The third-order valence-corrected chi connectivity index (χ3v) is 5.53. The second-order valence-corrected chi connectivity index (χ2v) is 7.27. The van der Waals surface area contributed by atoms with E-state index in [1.807, 2.05) is 29.2 Å². The number of hydrogen-bond acceptors (Lipinski definition) is 5. The predicted molar refractivity (Wildman–Crippen MR) is 99.6 cm³/mol. The number of nitrogens with zero attached hydrogens (tertiary/aromatic N) is 3. The Hall–Kier alpha value is -1.86. The van der Waals surface area contributed by atoms with E-state index >= 15 is 0 Å². The van der Waals surface area contributed by atoms with Gasteiger partial charge < -0.3 is 15.0 Å². The van der Waals surface area contributed by atoms with Gasteiger partial charge in [0.2, 0.25) is 0 Å². The van der Waals surface area contributed by atoms with Crippen LogP contribution in [-0.2, 0) is 0 Å². The van der Waals surface area contributed by atoms with E-state index in [9.17, 15) is 4.79 Å². The first kappa shape index (κ1) is 17.9. The largest absolute Gasteiger partial charge is 0.497 e. The van der Waals surface area contributed by atoms with Crippen molar-refractivity contribution in [3.05, 3.63) is 29.3 Å². The number of urea groups is 1. The summed E-state index contributed by atoms with van der Waals surface area (Å²) in [5.74, 6) is 1.48. The average Bonchev–Trinajstić information content (AvgIpc) is 3.16. The van der Waals surface area contributed by atoms with Crippen LogP contribution in [0.2, 0.25) is 0 Å². The molecule has 0 unspecified atom stereocenters. The van der Waals surface area contributed by atoms with E-state index in [2.05, 4.69) is 15.5 Å². The normalized spacial score (nSPS) is 17.4. The summed E-state index contributed by atoms with van der Waals surface area (Å²) in [5.41, 5.74) is 1.03. The van der Waals surface area contributed by atoms with Gasteiger partial charge in [-0.15, -0.1) is 21.8 Å². The second-order valence-electron chi connectivity index (χ2n) is 5.88. The third-order valence-electron chi connectivity index (χ3n) is 4.21. The molecule has 1 atom stereocenters. The fourth-order valence-electron chi connectivity index (χ4n) is 2.88. The number of methoxy groups -OCH3 is 1. The molecule has 1 aromatic carbocycles. The molecule has 0 aliphatic carbocycles. The van der Waals surface area contributed by atoms with Crippen molar-refractivity contribution in [3.8, 4) is 16.3 Å². The number of alkyl halides is 1. The Morgan fingerprint density at radius 2 is 2.20 bits per heavy atom. The summed E-state index contributed by atoms with van der Waals surface area (Å²) in [7, 11) is 1.65. The van der Waals surface area contributed by atoms with Gasteiger partial charge in [-0.3, -0.25) is 0 Å². The standard InChI is InChI=1S/C17H21ClN4O2S/c1-24-14-6-4-12(5-7-14)15-20-21-16(25-15)13-3-2-10-22(11-13)17(23)19-9-8-18/h4-7,13H,2-3,8-11H2,1H3,(H,19,23)/t13-/m1/s1. The maximum atomic E-state index is 12.1. The Kier molecular flexibility index (Phi) is 6.09. The Bertz CT molecular complexity index is 707. The molecule has 25 heavy (non-hydrogen) atoms. The first-order valence-electron chi connectivity index (χ1n) is 8.28. The van der Waals surface area contributed by atoms with Crippen molar-refractivity contribution in [1.29, 1.82) is 0 Å². The molecule has 6 nitrogen and oxygen atoms in total. The van der Waals surface area contributed by atoms with Gasteiger partial charge >= 0.3 is 6.03 Å². The molecule has 1 fully saturated rings. The lowest BCUT2D eigenvalue weighted by molar-refractivity contribution is 0.180. The monoisotopic (exact) mass is 380 g/mol. The van der Waals surface area contributed by atoms with Crippen LogP contribution in [0.5, 0.6) is 5.75 Å². The minimum absolute atomic E-state index is 0.0507. The number of benzene rings is 1. The number of nitrogens with one attached hydrogen (secondary N) is 1. The molecule has 3 rings (SSSR count). The van der Waals surface area contributed by atoms with E-state index in [4.69, 9.17) is 16.3 Å². The predicted octanol–water partition coefficient (Wildman–Crippen LogP) is 3.34. The van der Waals surface area contributed by atoms with Gasteiger partial charge in [0.1, 0.15) is 15.8 Å². The number of aromatic nitrogens is 2. The Balaban J connectivity index is 1.67. The summed E-state index contributed by atoms with van der Waals surface area (Å²) in [4.78, 5) is 14.0. The third kappa shape index (κ3) is 4.41. The van der Waals surface area contributed by atoms with Crippen molar-refractivity contribution in [3.63, 3.8) is 0 Å². The Labute approximate surface area is 156 Å². The lowest BCUT2D eigenvalue weighted by atomic mass is 9.99. The van der Waals surface area contributed by atoms with Gasteiger partial charge in [0.25, 0.3) is 0 Å². The summed E-state index contributed by atoms with van der Waals surface area (Å²) >= 11 is 7.23. The second kappa shape index (κ2) is 8.49. The smallest absolute Gasteiger partial charge is 0.317 e. The highest BCUT2D eigenvalue weighted by molar-refractivity contribution is 7.14. The van der Waals surface area contributed by atoms with Crippen LogP contribution < -0.4 is 10.1 Å². The molecule has 1 saturated heterocycles. The zero-order valence-electron chi connectivity index (χ0n) is 14.1. The maximum absolute atomic E-state index is 12.1. The van der Waals surface area contributed by atoms with Crippen molar-refractivity contribution >= 4 is 29.0 Å². The number of ether oxygens (including phenoxy) is 1. The van der Waals surface area contributed by atoms with Crippen LogP contribution in [0.15, 0.2) is 24.3 Å². The number of amides is 2. The summed E-state index contributed by atoms with van der Waals surface area (Å²) in [6, 6.07) is 7.75. The van der Waals surface area contributed by atoms with E-state index < -0.39 is 0 Å². The Morgan fingerprint density at radius 1 is 1.40 bits per heavy atom. The van der Waals surface area contributed by atoms with Gasteiger partial charge in [-0.2, -0.15) is 0 Å². The van der Waals surface area contributed by atoms with Crippen molar-refractivity contribution < 1.29 is 9.53 Å². The maximum Gasteiger partial charge on any atom is 0.317 e. The van der Waals surface area contributed by atoms with Gasteiger partial charge in [0.15, 0.2) is 0 Å². The number of carbonyl (C=O) groups is 1. The first-order valence-corrected chi connectivity index (χ1v) is 9.63. The van der Waals surface area contributed by atoms with Crippen LogP contribution in [0.4, 0.5) is 4.79 Å². The van der Waals surface area contributed by atoms with Crippen molar-refractivity contribution in [2.45, 2.75) is 18.8 Å². The van der Waals surface area contributed by atoms with Gasteiger partial charge in [-0.25, -0.2) is 4.79 Å². The number of piperidine rings is 1. The van der Waals surface area contributed by atoms with Crippen LogP contribution in [0.3, 0.4) is 0 Å². The van der Waals surface area contributed by atoms with Gasteiger partial charge in [0, 0.05) is 37.0 Å². The highest BCUT2D eigenvalue weighted by atomic mass is 35.5. The van der Waals surface area contributed by atoms with Crippen LogP contribution in [0.1, 0.15) is 23.8 Å². The summed E-state index contributed by atoms with van der Waals surface area (Å²) in [6.07, 6.45) is 1.99. The number of halogens is 1. The fourth-order valence-corrected chi connectivity index (χ4v) is 3.95. The van der Waals surface area contributed by atoms with Crippen molar-refractivity contribution in [2.75, 3.05) is 32.6 Å². The lowest BCUT2D eigenvalue weighted by Gasteiger charge is -2.31. The van der Waals surface area contributed by atoms with E-state index in [0.717, 1.165) is 40.7 Å². The molecular weight excluding hydrogens is 360 g/mol. The molecule has 0 bridgehead atoms. The van der Waals surface area contributed by atoms with Gasteiger partial charge in [-0.1, -0.05) is 11.3 Å². The Morgan fingerprint density at radius 3 is 2.92 bits per heavy atom. The summed E-state index contributed by atoms with van der Waals surface area (Å²) < 4.78 is 5.18. The average molecular weight is 381 g/mol. The van der Waals surface area contributed by atoms with Crippen LogP contribution >= 0.6 is 22.9 Å². The molecule has 0 spiro atoms. The van der Waals surface area contributed by atoms with Gasteiger partial charge in [0.05, 0.1) is 7.11 Å². The zero-order chi connectivity index (χ0) is 17.6. The molecule has 134 valence electrons.